The van der Waals surface area contributed by atoms with Gasteiger partial charge < -0.3 is 4.90 Å². The van der Waals surface area contributed by atoms with Crippen molar-refractivity contribution in [3.63, 3.8) is 0 Å². The summed E-state index contributed by atoms with van der Waals surface area (Å²) < 4.78 is 0. The number of benzene rings is 4. The largest absolute Gasteiger partial charge is 0.334 e. The summed E-state index contributed by atoms with van der Waals surface area (Å²) in [6.07, 6.45) is 14.1. The predicted octanol–water partition coefficient (Wildman–Crippen LogP) is 10.9. The first kappa shape index (κ1) is 26.8. The van der Waals surface area contributed by atoms with Gasteiger partial charge >= 0.3 is 0 Å². The van der Waals surface area contributed by atoms with E-state index in [-0.39, 0.29) is 16.9 Å². The van der Waals surface area contributed by atoms with Gasteiger partial charge in [-0.2, -0.15) is 0 Å². The van der Waals surface area contributed by atoms with Crippen molar-refractivity contribution in [3.8, 4) is 11.1 Å². The fraction of sp³-hybridized carbons (Fsp3) is 0.268. The van der Waals surface area contributed by atoms with Crippen LogP contribution in [0.15, 0.2) is 121 Å². The molecule has 3 aliphatic carbocycles. The number of allylic oxidation sites excluding steroid dienone is 5. The first-order valence-electron chi connectivity index (χ1n) is 15.4. The Labute approximate surface area is 251 Å². The number of hydrogen-bond donors (Lipinski definition) is 0. The lowest BCUT2D eigenvalue weighted by molar-refractivity contribution is 0.444. The Kier molecular flexibility index (Phi) is 6.21. The molecule has 1 atom stereocenters. The summed E-state index contributed by atoms with van der Waals surface area (Å²) in [5.74, 6) is 0. The van der Waals surface area contributed by atoms with E-state index in [0.717, 1.165) is 12.8 Å². The van der Waals surface area contributed by atoms with Gasteiger partial charge in [0.25, 0.3) is 0 Å². The summed E-state index contributed by atoms with van der Waals surface area (Å²) in [5, 5.41) is 2.61. The average Bonchev–Trinajstić information content (AvgIpc) is 3.20. The van der Waals surface area contributed by atoms with E-state index in [4.69, 9.17) is 0 Å². The molecule has 0 N–H and O–H groups in total. The van der Waals surface area contributed by atoms with Crippen LogP contribution in [0.3, 0.4) is 0 Å². The molecular formula is C41H41N. The topological polar surface area (TPSA) is 3.24 Å². The maximum absolute atomic E-state index is 2.59. The minimum Gasteiger partial charge on any atom is -0.334 e. The number of aryl methyl sites for hydroxylation is 1. The van der Waals surface area contributed by atoms with Crippen molar-refractivity contribution < 1.29 is 0 Å². The van der Waals surface area contributed by atoms with Gasteiger partial charge in [0, 0.05) is 16.8 Å². The maximum Gasteiger partial charge on any atom is 0.0560 e. The molecule has 0 bridgehead atoms. The van der Waals surface area contributed by atoms with Crippen LogP contribution in [-0.2, 0) is 5.41 Å². The lowest BCUT2D eigenvalue weighted by Gasteiger charge is -2.38. The molecule has 210 valence electrons. The standard InChI is InChI=1S/C41H41N/c1-27-14-20-36-37-21-19-32(26-39(37)41(5,6)38(36)24-27)42(33-22-23-40(3,4)28(2)25-33)31-17-15-30(16-18-31)35-13-9-11-29-10-7-8-12-34(29)35/h7-17,19-22,24-26,31H,18,23H2,1-6H3. The third-order valence-electron chi connectivity index (χ3n) is 10.1. The molecule has 0 saturated carbocycles. The molecule has 0 fully saturated rings. The number of rotatable bonds is 4. The van der Waals surface area contributed by atoms with E-state index in [1.54, 1.807) is 0 Å². The van der Waals surface area contributed by atoms with E-state index in [9.17, 15) is 0 Å². The van der Waals surface area contributed by atoms with E-state index in [2.05, 4.69) is 156 Å². The van der Waals surface area contributed by atoms with Crippen molar-refractivity contribution in [2.24, 2.45) is 5.41 Å². The third kappa shape index (κ3) is 4.29. The highest BCUT2D eigenvalue weighted by atomic mass is 15.2. The molecule has 0 aliphatic heterocycles. The summed E-state index contributed by atoms with van der Waals surface area (Å²) >= 11 is 0. The minimum atomic E-state index is -0.0309. The van der Waals surface area contributed by atoms with Crippen LogP contribution in [0.5, 0.6) is 0 Å². The van der Waals surface area contributed by atoms with Crippen molar-refractivity contribution >= 4 is 22.0 Å². The number of hydrogen-bond acceptors (Lipinski definition) is 1. The van der Waals surface area contributed by atoms with E-state index in [0.29, 0.717) is 0 Å². The second kappa shape index (κ2) is 9.73. The first-order valence-corrected chi connectivity index (χ1v) is 15.4. The Balaban J connectivity index is 1.29. The highest BCUT2D eigenvalue weighted by molar-refractivity contribution is 5.96. The van der Waals surface area contributed by atoms with E-state index in [1.165, 1.54) is 66.7 Å². The van der Waals surface area contributed by atoms with Gasteiger partial charge in [-0.3, -0.25) is 0 Å². The fourth-order valence-electron chi connectivity index (χ4n) is 7.16. The van der Waals surface area contributed by atoms with E-state index in [1.807, 2.05) is 0 Å². The molecule has 4 aromatic carbocycles. The molecular weight excluding hydrogens is 506 g/mol. The number of fused-ring (bicyclic) bond motifs is 4. The van der Waals surface area contributed by atoms with Crippen molar-refractivity contribution in [3.05, 3.63) is 143 Å². The Bertz CT molecular complexity index is 1850. The molecule has 4 aromatic rings. The van der Waals surface area contributed by atoms with Gasteiger partial charge in [0.15, 0.2) is 0 Å². The zero-order chi connectivity index (χ0) is 29.2. The van der Waals surface area contributed by atoms with Crippen molar-refractivity contribution in [2.45, 2.75) is 65.8 Å². The molecule has 0 spiro atoms. The summed E-state index contributed by atoms with van der Waals surface area (Å²) in [7, 11) is 0. The highest BCUT2D eigenvalue weighted by Crippen LogP contribution is 2.50. The Morgan fingerprint density at radius 3 is 2.24 bits per heavy atom. The van der Waals surface area contributed by atoms with Crippen LogP contribution >= 0.6 is 0 Å². The first-order chi connectivity index (χ1) is 20.1. The smallest absolute Gasteiger partial charge is 0.0560 e. The molecule has 0 heterocycles. The van der Waals surface area contributed by atoms with Crippen LogP contribution in [0.2, 0.25) is 0 Å². The van der Waals surface area contributed by atoms with Gasteiger partial charge in [-0.1, -0.05) is 130 Å². The van der Waals surface area contributed by atoms with Crippen LogP contribution < -0.4 is 4.90 Å². The minimum absolute atomic E-state index is 0.0309. The third-order valence-corrected chi connectivity index (χ3v) is 10.1. The van der Waals surface area contributed by atoms with Gasteiger partial charge in [-0.15, -0.1) is 0 Å². The number of nitrogens with zero attached hydrogens (tertiary/aromatic N) is 1. The second-order valence-electron chi connectivity index (χ2n) is 13.7. The summed E-state index contributed by atoms with van der Waals surface area (Å²) in [6.45, 7) is 14.0. The lowest BCUT2D eigenvalue weighted by Crippen LogP contribution is -2.35. The van der Waals surface area contributed by atoms with Gasteiger partial charge in [0.05, 0.1) is 6.04 Å². The van der Waals surface area contributed by atoms with Crippen LogP contribution in [0.25, 0.3) is 27.5 Å². The van der Waals surface area contributed by atoms with Gasteiger partial charge in [0.1, 0.15) is 0 Å². The molecule has 3 aliphatic rings. The Morgan fingerprint density at radius 1 is 0.738 bits per heavy atom. The monoisotopic (exact) mass is 547 g/mol. The molecule has 0 radical (unpaired) electrons. The quantitative estimate of drug-likeness (QED) is 0.246. The predicted molar refractivity (Wildman–Crippen MR) is 181 cm³/mol. The van der Waals surface area contributed by atoms with Gasteiger partial charge in [-0.25, -0.2) is 0 Å². The molecule has 7 rings (SSSR count). The average molecular weight is 548 g/mol. The molecule has 0 saturated heterocycles. The van der Waals surface area contributed by atoms with Crippen molar-refractivity contribution in [1.29, 1.82) is 0 Å². The molecule has 1 nitrogen and oxygen atoms in total. The Morgan fingerprint density at radius 2 is 1.48 bits per heavy atom. The normalized spacial score (nSPS) is 20.0. The zero-order valence-electron chi connectivity index (χ0n) is 25.8. The summed E-state index contributed by atoms with van der Waals surface area (Å²) in [6, 6.07) is 29.7. The molecule has 1 heteroatoms. The van der Waals surface area contributed by atoms with Crippen LogP contribution in [0.1, 0.15) is 69.7 Å². The molecule has 0 amide bonds. The van der Waals surface area contributed by atoms with Crippen LogP contribution in [0.4, 0.5) is 5.69 Å². The summed E-state index contributed by atoms with van der Waals surface area (Å²) in [4.78, 5) is 2.59. The molecule has 1 unspecified atom stereocenters. The molecule has 42 heavy (non-hydrogen) atoms. The SMILES string of the molecule is CC1=CC(N(c2ccc3c(c2)C(C)(C)c2cc(C)ccc2-3)C2C=CC(c3cccc4ccccc34)=CC2)=CCC1(C)C. The van der Waals surface area contributed by atoms with E-state index < -0.39 is 0 Å². The van der Waals surface area contributed by atoms with Gasteiger partial charge in [-0.05, 0) is 94.5 Å². The van der Waals surface area contributed by atoms with Crippen LogP contribution in [-0.4, -0.2) is 6.04 Å². The lowest BCUT2D eigenvalue weighted by atomic mass is 9.78. The Hall–Kier alpha value is -4.10. The van der Waals surface area contributed by atoms with Crippen molar-refractivity contribution in [1.82, 2.24) is 0 Å². The second-order valence-corrected chi connectivity index (χ2v) is 13.7. The van der Waals surface area contributed by atoms with Crippen molar-refractivity contribution in [2.75, 3.05) is 4.90 Å². The van der Waals surface area contributed by atoms with Crippen LogP contribution in [0, 0.1) is 12.3 Å². The van der Waals surface area contributed by atoms with E-state index >= 15 is 0 Å². The zero-order valence-corrected chi connectivity index (χ0v) is 25.8. The fourth-order valence-corrected chi connectivity index (χ4v) is 7.16. The van der Waals surface area contributed by atoms with Gasteiger partial charge in [0.2, 0.25) is 0 Å². The molecule has 0 aromatic heterocycles. The summed E-state index contributed by atoms with van der Waals surface area (Å²) in [5.41, 5.74) is 13.8. The highest BCUT2D eigenvalue weighted by Gasteiger charge is 2.37. The maximum atomic E-state index is 2.59. The number of anilines is 1.